The van der Waals surface area contributed by atoms with Gasteiger partial charge in [-0.15, -0.1) is 0 Å². The molecule has 1 atom stereocenters. The summed E-state index contributed by atoms with van der Waals surface area (Å²) < 4.78 is 0. The van der Waals surface area contributed by atoms with Crippen molar-refractivity contribution in [1.82, 2.24) is 0 Å². The minimum absolute atomic E-state index is 0.116. The Kier molecular flexibility index (Phi) is 5.53. The smallest absolute Gasteiger partial charge is 0.320 e. The topological polar surface area (TPSA) is 118 Å². The lowest BCUT2D eigenvalue weighted by atomic mass is 10.1. The first-order valence-electron chi connectivity index (χ1n) is 5.58. The van der Waals surface area contributed by atoms with E-state index in [1.807, 2.05) is 0 Å². The summed E-state index contributed by atoms with van der Waals surface area (Å²) in [6, 6.07) is 3.45. The molecule has 0 heterocycles. The molecule has 8 heteroatoms. The Hall–Kier alpha value is -1.86. The quantitative estimate of drug-likeness (QED) is 0.400. The number of rotatable bonds is 7. The van der Waals surface area contributed by atoms with E-state index in [4.69, 9.17) is 22.4 Å². The molecule has 1 aromatic rings. The average Bonchev–Trinajstić information content (AvgIpc) is 2.35. The van der Waals surface area contributed by atoms with Crippen molar-refractivity contribution in [3.63, 3.8) is 0 Å². The lowest BCUT2D eigenvalue weighted by molar-refractivity contribution is -0.383. The number of carbonyl (C=O) groups is 1. The van der Waals surface area contributed by atoms with Crippen LogP contribution in [0.2, 0.25) is 5.02 Å². The van der Waals surface area contributed by atoms with Gasteiger partial charge in [-0.05, 0) is 18.9 Å². The van der Waals surface area contributed by atoms with Crippen LogP contribution < -0.4 is 11.1 Å². The normalized spacial score (nSPS) is 11.9. The zero-order chi connectivity index (χ0) is 14.4. The van der Waals surface area contributed by atoms with Gasteiger partial charge in [0, 0.05) is 12.6 Å². The van der Waals surface area contributed by atoms with Gasteiger partial charge in [-0.25, -0.2) is 0 Å². The molecule has 0 amide bonds. The van der Waals surface area contributed by atoms with Crippen molar-refractivity contribution in [1.29, 1.82) is 0 Å². The highest BCUT2D eigenvalue weighted by atomic mass is 35.5. The van der Waals surface area contributed by atoms with Crippen LogP contribution in [0.3, 0.4) is 0 Å². The molecule has 0 aliphatic rings. The van der Waals surface area contributed by atoms with Crippen molar-refractivity contribution < 1.29 is 14.8 Å². The molecular formula is C11H14ClN3O4. The predicted molar refractivity (Wildman–Crippen MR) is 71.4 cm³/mol. The zero-order valence-electron chi connectivity index (χ0n) is 10.0. The van der Waals surface area contributed by atoms with Gasteiger partial charge in [0.15, 0.2) is 0 Å². The van der Waals surface area contributed by atoms with Crippen LogP contribution in [0, 0.1) is 10.1 Å². The van der Waals surface area contributed by atoms with E-state index in [9.17, 15) is 14.9 Å². The summed E-state index contributed by atoms with van der Waals surface area (Å²) in [5.74, 6) is -1.07. The van der Waals surface area contributed by atoms with Gasteiger partial charge < -0.3 is 16.2 Å². The van der Waals surface area contributed by atoms with Crippen LogP contribution >= 0.6 is 11.6 Å². The zero-order valence-corrected chi connectivity index (χ0v) is 10.8. The number of nitrogens with two attached hydrogens (primary N) is 1. The fourth-order valence-corrected chi connectivity index (χ4v) is 1.74. The van der Waals surface area contributed by atoms with Gasteiger partial charge in [-0.1, -0.05) is 17.7 Å². The molecule has 4 N–H and O–H groups in total. The molecule has 0 unspecified atom stereocenters. The third kappa shape index (κ3) is 4.38. The lowest BCUT2D eigenvalue weighted by Gasteiger charge is -2.10. The van der Waals surface area contributed by atoms with Gasteiger partial charge in [0.2, 0.25) is 0 Å². The van der Waals surface area contributed by atoms with Crippen LogP contribution in [0.5, 0.6) is 0 Å². The van der Waals surface area contributed by atoms with Crippen LogP contribution in [-0.4, -0.2) is 28.6 Å². The second kappa shape index (κ2) is 6.91. The maximum atomic E-state index is 10.8. The molecule has 0 radical (unpaired) electrons. The van der Waals surface area contributed by atoms with E-state index in [1.54, 1.807) is 6.07 Å². The van der Waals surface area contributed by atoms with Crippen molar-refractivity contribution in [2.24, 2.45) is 5.73 Å². The highest BCUT2D eigenvalue weighted by Gasteiger charge is 2.16. The molecular weight excluding hydrogens is 274 g/mol. The molecule has 0 saturated heterocycles. The minimum Gasteiger partial charge on any atom is -0.480 e. The summed E-state index contributed by atoms with van der Waals surface area (Å²) >= 11 is 5.88. The molecule has 19 heavy (non-hydrogen) atoms. The third-order valence-electron chi connectivity index (χ3n) is 2.50. The van der Waals surface area contributed by atoms with Crippen molar-refractivity contribution in [3.05, 3.63) is 33.3 Å². The van der Waals surface area contributed by atoms with Crippen molar-refractivity contribution in [3.8, 4) is 0 Å². The van der Waals surface area contributed by atoms with Crippen molar-refractivity contribution in [2.75, 3.05) is 11.9 Å². The van der Waals surface area contributed by atoms with Gasteiger partial charge in [0.25, 0.3) is 5.69 Å². The summed E-state index contributed by atoms with van der Waals surface area (Å²) in [5, 5.41) is 22.5. The number of carboxylic acids is 1. The standard InChI is InChI=1S/C11H14ClN3O4/c12-7-3-1-5-9(15(18)19)10(7)14-6-2-4-8(13)11(16)17/h1,3,5,8,14H,2,4,6,13H2,(H,16,17)/t8-/m0/s1. The van der Waals surface area contributed by atoms with Gasteiger partial charge in [-0.3, -0.25) is 14.9 Å². The maximum absolute atomic E-state index is 10.8. The first-order chi connectivity index (χ1) is 8.93. The number of hydrogen-bond donors (Lipinski definition) is 3. The Morgan fingerprint density at radius 1 is 1.58 bits per heavy atom. The van der Waals surface area contributed by atoms with Gasteiger partial charge in [-0.2, -0.15) is 0 Å². The summed E-state index contributed by atoms with van der Waals surface area (Å²) in [4.78, 5) is 20.8. The largest absolute Gasteiger partial charge is 0.480 e. The van der Waals surface area contributed by atoms with Crippen LogP contribution in [0.1, 0.15) is 12.8 Å². The van der Waals surface area contributed by atoms with Gasteiger partial charge in [0.05, 0.1) is 9.95 Å². The summed E-state index contributed by atoms with van der Waals surface area (Å²) in [7, 11) is 0. The molecule has 0 aliphatic heterocycles. The van der Waals surface area contributed by atoms with Crippen LogP contribution in [0.4, 0.5) is 11.4 Å². The SMILES string of the molecule is N[C@@H](CCCNc1c(Cl)cccc1[N+](=O)[O-])C(=O)O. The van der Waals surface area contributed by atoms with E-state index in [0.717, 1.165) is 0 Å². The molecule has 0 aromatic heterocycles. The molecule has 1 aromatic carbocycles. The number of nitrogens with zero attached hydrogens (tertiary/aromatic N) is 1. The fourth-order valence-electron chi connectivity index (χ4n) is 1.50. The minimum atomic E-state index is -1.07. The summed E-state index contributed by atoms with van der Waals surface area (Å²) in [5.41, 5.74) is 5.46. The maximum Gasteiger partial charge on any atom is 0.320 e. The van der Waals surface area contributed by atoms with Crippen LogP contribution in [0.15, 0.2) is 18.2 Å². The number of nitrogens with one attached hydrogen (secondary N) is 1. The first kappa shape index (κ1) is 15.2. The van der Waals surface area contributed by atoms with E-state index in [-0.39, 0.29) is 22.8 Å². The number of halogens is 1. The van der Waals surface area contributed by atoms with E-state index in [1.165, 1.54) is 12.1 Å². The molecule has 0 fully saturated rings. The highest BCUT2D eigenvalue weighted by Crippen LogP contribution is 2.31. The lowest BCUT2D eigenvalue weighted by Crippen LogP contribution is -2.30. The first-order valence-corrected chi connectivity index (χ1v) is 5.96. The van der Waals surface area contributed by atoms with Gasteiger partial charge in [0.1, 0.15) is 11.7 Å². The van der Waals surface area contributed by atoms with E-state index in [2.05, 4.69) is 5.32 Å². The Morgan fingerprint density at radius 3 is 2.84 bits per heavy atom. The Labute approximate surface area is 114 Å². The van der Waals surface area contributed by atoms with Crippen molar-refractivity contribution in [2.45, 2.75) is 18.9 Å². The number of hydrogen-bond acceptors (Lipinski definition) is 5. The third-order valence-corrected chi connectivity index (χ3v) is 2.81. The number of nitro benzene ring substituents is 1. The monoisotopic (exact) mass is 287 g/mol. The molecule has 7 nitrogen and oxygen atoms in total. The molecule has 0 aliphatic carbocycles. The fraction of sp³-hybridized carbons (Fsp3) is 0.364. The van der Waals surface area contributed by atoms with Gasteiger partial charge >= 0.3 is 5.97 Å². The second-order valence-corrected chi connectivity index (χ2v) is 4.31. The van der Waals surface area contributed by atoms with E-state index >= 15 is 0 Å². The number of carboxylic acid groups (broad SMARTS) is 1. The molecule has 104 valence electrons. The number of anilines is 1. The van der Waals surface area contributed by atoms with Crippen LogP contribution in [0.25, 0.3) is 0 Å². The number of nitro groups is 1. The molecule has 0 saturated carbocycles. The second-order valence-electron chi connectivity index (χ2n) is 3.90. The Bertz CT molecular complexity index is 481. The molecule has 0 bridgehead atoms. The van der Waals surface area contributed by atoms with E-state index < -0.39 is 16.9 Å². The van der Waals surface area contributed by atoms with E-state index in [0.29, 0.717) is 13.0 Å². The Morgan fingerprint density at radius 2 is 2.26 bits per heavy atom. The highest BCUT2D eigenvalue weighted by molar-refractivity contribution is 6.33. The van der Waals surface area contributed by atoms with Crippen LogP contribution in [-0.2, 0) is 4.79 Å². The average molecular weight is 288 g/mol. The molecule has 0 spiro atoms. The predicted octanol–water partition coefficient (Wildman–Crippen LogP) is 1.85. The summed E-state index contributed by atoms with van der Waals surface area (Å²) in [6.07, 6.45) is 0.746. The number of para-hydroxylation sites is 1. The van der Waals surface area contributed by atoms with Crippen molar-refractivity contribution >= 4 is 28.9 Å². The molecule has 1 rings (SSSR count). The summed E-state index contributed by atoms with van der Waals surface area (Å²) in [6.45, 7) is 0.353. The number of benzene rings is 1. The Balaban J connectivity index is 2.58. The number of aliphatic carboxylic acids is 1.